The van der Waals surface area contributed by atoms with Crippen LogP contribution in [-0.2, 0) is 0 Å². The molecule has 0 bridgehead atoms. The molecule has 0 saturated heterocycles. The molecule has 0 aromatic heterocycles. The number of hydrogen-bond acceptors (Lipinski definition) is 4. The van der Waals surface area contributed by atoms with Crippen LogP contribution < -0.4 is 10.6 Å². The van der Waals surface area contributed by atoms with Gasteiger partial charge in [-0.2, -0.15) is 0 Å². The number of amides is 1. The molecule has 0 atom stereocenters. The van der Waals surface area contributed by atoms with Crippen molar-refractivity contribution in [2.24, 2.45) is 0 Å². The molecule has 0 radical (unpaired) electrons. The van der Waals surface area contributed by atoms with Gasteiger partial charge in [0.25, 0.3) is 11.6 Å². The number of rotatable bonds is 5. The highest BCUT2D eigenvalue weighted by Crippen LogP contribution is 2.36. The first-order valence-corrected chi connectivity index (χ1v) is 9.51. The third-order valence-corrected chi connectivity index (χ3v) is 5.26. The van der Waals surface area contributed by atoms with E-state index in [1.165, 1.54) is 18.6 Å². The summed E-state index contributed by atoms with van der Waals surface area (Å²) in [6.07, 6.45) is 5.28. The molecule has 0 heterocycles. The SMILES string of the molecule is O=C(Nc1cc(NC2CCCCC2)c([N+](=O)[O-])cc1Cl)c1ccccc1Cl. The number of nitrogens with one attached hydrogen (secondary N) is 2. The number of halogens is 2. The molecule has 142 valence electrons. The van der Waals surface area contributed by atoms with Crippen molar-refractivity contribution in [2.45, 2.75) is 38.1 Å². The minimum absolute atomic E-state index is 0.0938. The van der Waals surface area contributed by atoms with Gasteiger partial charge in [-0.1, -0.05) is 54.6 Å². The van der Waals surface area contributed by atoms with E-state index in [-0.39, 0.29) is 16.8 Å². The Morgan fingerprint density at radius 3 is 2.41 bits per heavy atom. The Morgan fingerprint density at radius 1 is 1.04 bits per heavy atom. The molecule has 27 heavy (non-hydrogen) atoms. The van der Waals surface area contributed by atoms with E-state index in [0.717, 1.165) is 25.7 Å². The first-order valence-electron chi connectivity index (χ1n) is 8.76. The van der Waals surface area contributed by atoms with Crippen molar-refractivity contribution in [3.05, 3.63) is 62.1 Å². The van der Waals surface area contributed by atoms with Crippen LogP contribution in [-0.4, -0.2) is 16.9 Å². The fraction of sp³-hybridized carbons (Fsp3) is 0.316. The van der Waals surface area contributed by atoms with Gasteiger partial charge in [-0.05, 0) is 31.0 Å². The summed E-state index contributed by atoms with van der Waals surface area (Å²) in [6.45, 7) is 0. The maximum atomic E-state index is 12.5. The highest BCUT2D eigenvalue weighted by Gasteiger charge is 2.22. The van der Waals surface area contributed by atoms with E-state index in [1.807, 2.05) is 0 Å². The van der Waals surface area contributed by atoms with Gasteiger partial charge in [0, 0.05) is 12.1 Å². The number of carbonyl (C=O) groups is 1. The molecule has 1 aliphatic rings. The minimum atomic E-state index is -0.475. The second-order valence-electron chi connectivity index (χ2n) is 6.52. The molecule has 0 unspecified atom stereocenters. The van der Waals surface area contributed by atoms with Crippen molar-refractivity contribution in [2.75, 3.05) is 10.6 Å². The van der Waals surface area contributed by atoms with Gasteiger partial charge < -0.3 is 10.6 Å². The maximum Gasteiger partial charge on any atom is 0.293 e. The summed E-state index contributed by atoms with van der Waals surface area (Å²) >= 11 is 12.2. The third kappa shape index (κ3) is 4.70. The number of nitro benzene ring substituents is 1. The molecule has 0 aliphatic heterocycles. The first-order chi connectivity index (χ1) is 13.0. The lowest BCUT2D eigenvalue weighted by Crippen LogP contribution is -2.23. The summed E-state index contributed by atoms with van der Waals surface area (Å²) in [5.41, 5.74) is 0.841. The summed E-state index contributed by atoms with van der Waals surface area (Å²) in [5.74, 6) is -0.431. The topological polar surface area (TPSA) is 84.3 Å². The zero-order chi connectivity index (χ0) is 19.4. The number of benzene rings is 2. The molecule has 2 aromatic rings. The average Bonchev–Trinajstić information content (AvgIpc) is 2.65. The maximum absolute atomic E-state index is 12.5. The summed E-state index contributed by atoms with van der Waals surface area (Å²) in [5, 5.41) is 17.8. The molecular weight excluding hydrogens is 389 g/mol. The van der Waals surface area contributed by atoms with Crippen LogP contribution in [0.5, 0.6) is 0 Å². The lowest BCUT2D eigenvalue weighted by Gasteiger charge is -2.24. The van der Waals surface area contributed by atoms with E-state index in [0.29, 0.717) is 22.0 Å². The largest absolute Gasteiger partial charge is 0.377 e. The van der Waals surface area contributed by atoms with Gasteiger partial charge in [0.1, 0.15) is 5.69 Å². The summed E-state index contributed by atoms with van der Waals surface area (Å²) < 4.78 is 0. The molecule has 1 aliphatic carbocycles. The standard InChI is InChI=1S/C19H19Cl2N3O3/c20-14-9-5-4-8-13(14)19(25)23-16-11-17(18(24(26)27)10-15(16)21)22-12-6-2-1-3-7-12/h4-5,8-12,22H,1-3,6-7H2,(H,23,25). The van der Waals surface area contributed by atoms with E-state index < -0.39 is 10.8 Å². The average molecular weight is 408 g/mol. The van der Waals surface area contributed by atoms with Crippen LogP contribution in [0.25, 0.3) is 0 Å². The van der Waals surface area contributed by atoms with Crippen LogP contribution in [0.4, 0.5) is 17.1 Å². The molecule has 1 amide bonds. The van der Waals surface area contributed by atoms with E-state index in [2.05, 4.69) is 10.6 Å². The van der Waals surface area contributed by atoms with Crippen molar-refractivity contribution < 1.29 is 9.72 Å². The monoisotopic (exact) mass is 407 g/mol. The normalized spacial score (nSPS) is 14.6. The lowest BCUT2D eigenvalue weighted by molar-refractivity contribution is -0.384. The smallest absolute Gasteiger partial charge is 0.293 e. The van der Waals surface area contributed by atoms with E-state index in [9.17, 15) is 14.9 Å². The Bertz CT molecular complexity index is 867. The van der Waals surface area contributed by atoms with Crippen LogP contribution in [0.2, 0.25) is 10.0 Å². The van der Waals surface area contributed by atoms with E-state index >= 15 is 0 Å². The van der Waals surface area contributed by atoms with Crippen LogP contribution in [0.15, 0.2) is 36.4 Å². The van der Waals surface area contributed by atoms with Crippen LogP contribution in [0, 0.1) is 10.1 Å². The molecule has 2 N–H and O–H groups in total. The Balaban J connectivity index is 1.88. The fourth-order valence-corrected chi connectivity index (χ4v) is 3.65. The molecule has 8 heteroatoms. The third-order valence-electron chi connectivity index (χ3n) is 4.61. The van der Waals surface area contributed by atoms with E-state index in [1.54, 1.807) is 24.3 Å². The molecule has 6 nitrogen and oxygen atoms in total. The van der Waals surface area contributed by atoms with Gasteiger partial charge in [-0.15, -0.1) is 0 Å². The van der Waals surface area contributed by atoms with Gasteiger partial charge in [0.2, 0.25) is 0 Å². The molecular formula is C19H19Cl2N3O3. The molecule has 3 rings (SSSR count). The van der Waals surface area contributed by atoms with Crippen LogP contribution in [0.3, 0.4) is 0 Å². The van der Waals surface area contributed by atoms with Crippen LogP contribution in [0.1, 0.15) is 42.5 Å². The Hall–Kier alpha value is -2.31. The number of carbonyl (C=O) groups excluding carboxylic acids is 1. The summed E-state index contributed by atoms with van der Waals surface area (Å²) in [6, 6.07) is 9.59. The van der Waals surface area contributed by atoms with Crippen molar-refractivity contribution in [3.8, 4) is 0 Å². The highest BCUT2D eigenvalue weighted by atomic mass is 35.5. The van der Waals surface area contributed by atoms with Crippen molar-refractivity contribution in [1.82, 2.24) is 0 Å². The molecule has 0 spiro atoms. The fourth-order valence-electron chi connectivity index (χ4n) is 3.23. The predicted molar refractivity (Wildman–Crippen MR) is 108 cm³/mol. The number of hydrogen-bond donors (Lipinski definition) is 2. The van der Waals surface area contributed by atoms with Crippen molar-refractivity contribution >= 4 is 46.2 Å². The second-order valence-corrected chi connectivity index (χ2v) is 7.33. The van der Waals surface area contributed by atoms with Gasteiger partial charge in [0.05, 0.1) is 26.2 Å². The predicted octanol–water partition coefficient (Wildman–Crippen LogP) is 5.90. The zero-order valence-corrected chi connectivity index (χ0v) is 16.0. The van der Waals surface area contributed by atoms with Gasteiger partial charge in [0.15, 0.2) is 0 Å². The Morgan fingerprint density at radius 2 is 1.74 bits per heavy atom. The van der Waals surface area contributed by atoms with Gasteiger partial charge in [-0.3, -0.25) is 14.9 Å². The second kappa shape index (κ2) is 8.59. The quantitative estimate of drug-likeness (QED) is 0.477. The summed E-state index contributed by atoms with van der Waals surface area (Å²) in [7, 11) is 0. The number of nitro groups is 1. The van der Waals surface area contributed by atoms with Gasteiger partial charge >= 0.3 is 0 Å². The molecule has 1 saturated carbocycles. The van der Waals surface area contributed by atoms with Crippen LogP contribution >= 0.6 is 23.2 Å². The molecule has 2 aromatic carbocycles. The first kappa shape index (κ1) is 19.5. The number of nitrogens with zero attached hydrogens (tertiary/aromatic N) is 1. The summed E-state index contributed by atoms with van der Waals surface area (Å²) in [4.78, 5) is 23.4. The number of anilines is 2. The van der Waals surface area contributed by atoms with E-state index in [4.69, 9.17) is 23.2 Å². The Kier molecular flexibility index (Phi) is 6.19. The van der Waals surface area contributed by atoms with Crippen molar-refractivity contribution in [3.63, 3.8) is 0 Å². The molecule has 1 fully saturated rings. The zero-order valence-electron chi connectivity index (χ0n) is 14.5. The highest BCUT2D eigenvalue weighted by molar-refractivity contribution is 6.36. The minimum Gasteiger partial charge on any atom is -0.377 e. The lowest BCUT2D eigenvalue weighted by atomic mass is 9.95. The van der Waals surface area contributed by atoms with Gasteiger partial charge in [-0.25, -0.2) is 0 Å². The van der Waals surface area contributed by atoms with Crippen molar-refractivity contribution in [1.29, 1.82) is 0 Å². The Labute approximate surface area is 167 Å².